The number of piperidine rings is 1. The minimum absolute atomic E-state index is 0.0985. The summed E-state index contributed by atoms with van der Waals surface area (Å²) in [5.41, 5.74) is 2.86. The third kappa shape index (κ3) is 4.36. The van der Waals surface area contributed by atoms with Crippen molar-refractivity contribution in [2.45, 2.75) is 77.0 Å². The molecule has 2 fully saturated rings. The molecule has 0 spiro atoms. The SMILES string of the molecule is Cc1ccc(C(=O)N2C[C@H](Oc3ncccc3C(C)(C)O)CC[C@H]2C)c(C2CC2)c1. The average Bonchev–Trinajstić information content (AvgIpc) is 3.54. The van der Waals surface area contributed by atoms with Gasteiger partial charge in [0.15, 0.2) is 0 Å². The molecule has 1 aliphatic heterocycles. The Morgan fingerprint density at radius 1 is 1.20 bits per heavy atom. The molecule has 1 aliphatic carbocycles. The van der Waals surface area contributed by atoms with E-state index in [0.717, 1.165) is 18.4 Å². The van der Waals surface area contributed by atoms with Crippen molar-refractivity contribution in [2.24, 2.45) is 0 Å². The maximum Gasteiger partial charge on any atom is 0.254 e. The van der Waals surface area contributed by atoms with Gasteiger partial charge in [0.2, 0.25) is 5.88 Å². The van der Waals surface area contributed by atoms with Crippen LogP contribution in [0.1, 0.15) is 79.4 Å². The number of pyridine rings is 1. The van der Waals surface area contributed by atoms with Crippen LogP contribution in [-0.4, -0.2) is 39.6 Å². The van der Waals surface area contributed by atoms with Gasteiger partial charge in [-0.2, -0.15) is 0 Å². The normalized spacial score (nSPS) is 22.1. The van der Waals surface area contributed by atoms with Crippen LogP contribution >= 0.6 is 0 Å². The Labute approximate surface area is 179 Å². The molecule has 2 aromatic rings. The Bertz CT molecular complexity index is 930. The molecule has 160 valence electrons. The lowest BCUT2D eigenvalue weighted by molar-refractivity contribution is 0.0325. The highest BCUT2D eigenvalue weighted by Crippen LogP contribution is 2.42. The lowest BCUT2D eigenvalue weighted by atomic mass is 9.96. The topological polar surface area (TPSA) is 62.7 Å². The Morgan fingerprint density at radius 3 is 2.67 bits per heavy atom. The molecule has 1 amide bonds. The summed E-state index contributed by atoms with van der Waals surface area (Å²) in [7, 11) is 0. The Balaban J connectivity index is 1.54. The number of hydrogen-bond acceptors (Lipinski definition) is 4. The highest BCUT2D eigenvalue weighted by molar-refractivity contribution is 5.96. The molecule has 1 N–H and O–H groups in total. The van der Waals surface area contributed by atoms with Crippen molar-refractivity contribution in [3.05, 3.63) is 58.8 Å². The maximum atomic E-state index is 13.5. The molecular formula is C25H32N2O3. The van der Waals surface area contributed by atoms with E-state index in [-0.39, 0.29) is 18.1 Å². The monoisotopic (exact) mass is 408 g/mol. The zero-order valence-corrected chi connectivity index (χ0v) is 18.4. The summed E-state index contributed by atoms with van der Waals surface area (Å²) in [6, 6.07) is 10.0. The number of hydrogen-bond donors (Lipinski definition) is 1. The van der Waals surface area contributed by atoms with Crippen molar-refractivity contribution in [3.8, 4) is 5.88 Å². The Kier molecular flexibility index (Phi) is 5.58. The quantitative estimate of drug-likeness (QED) is 0.787. The minimum Gasteiger partial charge on any atom is -0.472 e. The summed E-state index contributed by atoms with van der Waals surface area (Å²) in [5, 5.41) is 10.5. The van der Waals surface area contributed by atoms with Gasteiger partial charge in [0.25, 0.3) is 5.91 Å². The number of nitrogens with zero attached hydrogens (tertiary/aromatic N) is 2. The fraction of sp³-hybridized carbons (Fsp3) is 0.520. The third-order valence-electron chi connectivity index (χ3n) is 6.26. The molecule has 1 aromatic carbocycles. The van der Waals surface area contributed by atoms with Crippen molar-refractivity contribution < 1.29 is 14.6 Å². The van der Waals surface area contributed by atoms with Crippen LogP contribution in [0.2, 0.25) is 0 Å². The molecule has 1 aromatic heterocycles. The van der Waals surface area contributed by atoms with E-state index in [4.69, 9.17) is 4.74 Å². The predicted octanol–water partition coefficient (Wildman–Crippen LogP) is 4.57. The number of aromatic nitrogens is 1. The van der Waals surface area contributed by atoms with E-state index >= 15 is 0 Å². The molecule has 0 radical (unpaired) electrons. The van der Waals surface area contributed by atoms with Gasteiger partial charge < -0.3 is 14.7 Å². The largest absolute Gasteiger partial charge is 0.472 e. The van der Waals surface area contributed by atoms with Crippen molar-refractivity contribution in [3.63, 3.8) is 0 Å². The van der Waals surface area contributed by atoms with Gasteiger partial charge in [-0.15, -0.1) is 0 Å². The number of carbonyl (C=O) groups excluding carboxylic acids is 1. The van der Waals surface area contributed by atoms with Gasteiger partial charge in [-0.3, -0.25) is 4.79 Å². The summed E-state index contributed by atoms with van der Waals surface area (Å²) in [6.45, 7) is 8.18. The molecule has 5 heteroatoms. The summed E-state index contributed by atoms with van der Waals surface area (Å²) < 4.78 is 6.22. The summed E-state index contributed by atoms with van der Waals surface area (Å²) >= 11 is 0. The van der Waals surface area contributed by atoms with Gasteiger partial charge in [0, 0.05) is 23.4 Å². The molecule has 5 nitrogen and oxygen atoms in total. The lowest BCUT2D eigenvalue weighted by Crippen LogP contribution is -2.49. The second kappa shape index (κ2) is 8.03. The zero-order valence-electron chi connectivity index (χ0n) is 18.4. The molecule has 1 saturated carbocycles. The Hall–Kier alpha value is -2.40. The molecule has 4 rings (SSSR count). The molecular weight excluding hydrogens is 376 g/mol. The smallest absolute Gasteiger partial charge is 0.254 e. The first kappa shape index (κ1) is 20.9. The third-order valence-corrected chi connectivity index (χ3v) is 6.26. The molecule has 0 unspecified atom stereocenters. The number of rotatable bonds is 5. The van der Waals surface area contributed by atoms with Crippen molar-refractivity contribution in [1.82, 2.24) is 9.88 Å². The summed E-state index contributed by atoms with van der Waals surface area (Å²) in [4.78, 5) is 19.8. The van der Waals surface area contributed by atoms with Gasteiger partial charge >= 0.3 is 0 Å². The van der Waals surface area contributed by atoms with E-state index < -0.39 is 5.60 Å². The Morgan fingerprint density at radius 2 is 1.97 bits per heavy atom. The molecule has 1 saturated heterocycles. The fourth-order valence-corrected chi connectivity index (χ4v) is 4.32. The van der Waals surface area contributed by atoms with Crippen LogP contribution < -0.4 is 4.74 Å². The molecule has 0 bridgehead atoms. The lowest BCUT2D eigenvalue weighted by Gasteiger charge is -2.38. The van der Waals surface area contributed by atoms with E-state index in [9.17, 15) is 9.90 Å². The van der Waals surface area contributed by atoms with E-state index in [1.54, 1.807) is 26.1 Å². The number of benzene rings is 1. The van der Waals surface area contributed by atoms with Crippen LogP contribution in [0.5, 0.6) is 5.88 Å². The van der Waals surface area contributed by atoms with Crippen LogP contribution in [0.4, 0.5) is 0 Å². The van der Waals surface area contributed by atoms with Gasteiger partial charge in [0.05, 0.1) is 12.1 Å². The van der Waals surface area contributed by atoms with Crippen LogP contribution in [0.3, 0.4) is 0 Å². The zero-order chi connectivity index (χ0) is 21.5. The maximum absolute atomic E-state index is 13.5. The minimum atomic E-state index is -1.04. The van der Waals surface area contributed by atoms with Gasteiger partial charge in [-0.1, -0.05) is 17.7 Å². The number of carbonyl (C=O) groups is 1. The molecule has 30 heavy (non-hydrogen) atoms. The van der Waals surface area contributed by atoms with Crippen molar-refractivity contribution in [1.29, 1.82) is 0 Å². The predicted molar refractivity (Wildman–Crippen MR) is 117 cm³/mol. The average molecular weight is 409 g/mol. The summed E-state index contributed by atoms with van der Waals surface area (Å²) in [6.07, 6.45) is 5.61. The van der Waals surface area contributed by atoms with E-state index in [1.165, 1.54) is 24.0 Å². The van der Waals surface area contributed by atoms with Crippen LogP contribution in [0.25, 0.3) is 0 Å². The number of aliphatic hydroxyl groups is 1. The van der Waals surface area contributed by atoms with Crippen molar-refractivity contribution in [2.75, 3.05) is 6.54 Å². The van der Waals surface area contributed by atoms with Gasteiger partial charge in [0.1, 0.15) is 6.10 Å². The second-order valence-electron chi connectivity index (χ2n) is 9.40. The first-order valence-electron chi connectivity index (χ1n) is 11.0. The van der Waals surface area contributed by atoms with Gasteiger partial charge in [-0.25, -0.2) is 4.98 Å². The molecule has 2 aliphatic rings. The van der Waals surface area contributed by atoms with Crippen LogP contribution in [0.15, 0.2) is 36.5 Å². The number of likely N-dealkylation sites (tertiary alicyclic amines) is 1. The standard InChI is InChI=1S/C25H32N2O3/c1-16-7-12-20(21(14-16)18-9-10-18)24(28)27-15-19(11-8-17(27)2)30-23-22(25(3,4)29)6-5-13-26-23/h5-7,12-14,17-19,29H,8-11,15H2,1-4H3/t17-,19-/m1/s1. The van der Waals surface area contributed by atoms with E-state index in [2.05, 4.69) is 24.9 Å². The molecule has 2 atom stereocenters. The van der Waals surface area contributed by atoms with E-state index in [0.29, 0.717) is 23.9 Å². The first-order valence-corrected chi connectivity index (χ1v) is 11.0. The highest BCUT2D eigenvalue weighted by Gasteiger charge is 2.35. The molecule has 2 heterocycles. The highest BCUT2D eigenvalue weighted by atomic mass is 16.5. The fourth-order valence-electron chi connectivity index (χ4n) is 4.32. The van der Waals surface area contributed by atoms with Crippen LogP contribution in [0, 0.1) is 6.92 Å². The van der Waals surface area contributed by atoms with Gasteiger partial charge in [-0.05, 0) is 83.1 Å². The summed E-state index contributed by atoms with van der Waals surface area (Å²) in [5.74, 6) is 1.08. The number of amides is 1. The first-order chi connectivity index (χ1) is 14.2. The van der Waals surface area contributed by atoms with Crippen LogP contribution in [-0.2, 0) is 5.60 Å². The number of ether oxygens (including phenoxy) is 1. The number of aryl methyl sites for hydroxylation is 1. The van der Waals surface area contributed by atoms with Crippen molar-refractivity contribution >= 4 is 5.91 Å². The second-order valence-corrected chi connectivity index (χ2v) is 9.40. The van der Waals surface area contributed by atoms with E-state index in [1.807, 2.05) is 23.1 Å².